The number of ether oxygens (including phenoxy) is 2. The summed E-state index contributed by atoms with van der Waals surface area (Å²) in [6.07, 6.45) is 1.92. The summed E-state index contributed by atoms with van der Waals surface area (Å²) in [5, 5.41) is 2.80. The molecular weight excluding hydrogens is 192 g/mol. The van der Waals surface area contributed by atoms with Gasteiger partial charge in [-0.3, -0.25) is 0 Å². The van der Waals surface area contributed by atoms with E-state index < -0.39 is 12.5 Å². The summed E-state index contributed by atoms with van der Waals surface area (Å²) in [5.41, 5.74) is 0. The van der Waals surface area contributed by atoms with E-state index in [2.05, 4.69) is 5.32 Å². The van der Waals surface area contributed by atoms with Crippen molar-refractivity contribution in [2.45, 2.75) is 30.9 Å². The fraction of sp³-hybridized carbons (Fsp3) is 1.00. The maximum Gasteiger partial charge on any atom is 0.283 e. The van der Waals surface area contributed by atoms with Crippen LogP contribution in [-0.2, 0) is 9.47 Å². The Balaban J connectivity index is 1.59. The van der Waals surface area contributed by atoms with Crippen LogP contribution < -0.4 is 5.32 Å². The van der Waals surface area contributed by atoms with Gasteiger partial charge in [-0.1, -0.05) is 0 Å². The van der Waals surface area contributed by atoms with Crippen LogP contribution in [0.4, 0.5) is 8.78 Å². The molecule has 0 aromatic carbocycles. The summed E-state index contributed by atoms with van der Waals surface area (Å²) in [4.78, 5) is 0. The Morgan fingerprint density at radius 1 is 1.36 bits per heavy atom. The van der Waals surface area contributed by atoms with Gasteiger partial charge >= 0.3 is 0 Å². The van der Waals surface area contributed by atoms with E-state index in [1.165, 1.54) is 0 Å². The first-order valence-corrected chi connectivity index (χ1v) is 4.96. The van der Waals surface area contributed by atoms with Gasteiger partial charge in [-0.15, -0.1) is 0 Å². The molecule has 0 atom stereocenters. The highest BCUT2D eigenvalue weighted by atomic mass is 19.3. The zero-order chi connectivity index (χ0) is 10.0. The third-order valence-electron chi connectivity index (χ3n) is 2.36. The van der Waals surface area contributed by atoms with Crippen molar-refractivity contribution >= 4 is 0 Å². The molecule has 14 heavy (non-hydrogen) atoms. The van der Waals surface area contributed by atoms with Crippen molar-refractivity contribution < 1.29 is 18.3 Å². The maximum absolute atomic E-state index is 13.1. The second-order valence-electron chi connectivity index (χ2n) is 3.98. The minimum absolute atomic E-state index is 0.123. The highest BCUT2D eigenvalue weighted by Gasteiger charge is 2.34. The Hall–Kier alpha value is -0.260. The molecule has 0 unspecified atom stereocenters. The molecule has 0 aromatic rings. The number of alkyl halides is 2. The lowest BCUT2D eigenvalue weighted by Crippen LogP contribution is -2.43. The average molecular weight is 207 g/mol. The number of halogens is 2. The summed E-state index contributed by atoms with van der Waals surface area (Å²) < 4.78 is 36.0. The lowest BCUT2D eigenvalue weighted by Gasteiger charge is -2.28. The van der Waals surface area contributed by atoms with Crippen LogP contribution in [0.3, 0.4) is 0 Å². The van der Waals surface area contributed by atoms with E-state index in [0.29, 0.717) is 19.3 Å². The second-order valence-corrected chi connectivity index (χ2v) is 3.98. The zero-order valence-corrected chi connectivity index (χ0v) is 7.97. The lowest BCUT2D eigenvalue weighted by molar-refractivity contribution is -0.170. The topological polar surface area (TPSA) is 30.5 Å². The monoisotopic (exact) mass is 207 g/mol. The molecule has 2 fully saturated rings. The van der Waals surface area contributed by atoms with Gasteiger partial charge in [-0.25, -0.2) is 8.78 Å². The Morgan fingerprint density at radius 3 is 2.57 bits per heavy atom. The first-order chi connectivity index (χ1) is 6.66. The highest BCUT2D eigenvalue weighted by Crippen LogP contribution is 2.21. The van der Waals surface area contributed by atoms with Crippen molar-refractivity contribution in [3.8, 4) is 0 Å². The van der Waals surface area contributed by atoms with Crippen molar-refractivity contribution in [1.82, 2.24) is 5.32 Å². The largest absolute Gasteiger partial charge is 0.376 e. The molecule has 0 aromatic heterocycles. The van der Waals surface area contributed by atoms with Crippen LogP contribution >= 0.6 is 0 Å². The third-order valence-corrected chi connectivity index (χ3v) is 2.36. The second kappa shape index (κ2) is 4.08. The number of hydrogen-bond donors (Lipinski definition) is 1. The van der Waals surface area contributed by atoms with E-state index in [1.807, 2.05) is 0 Å². The van der Waals surface area contributed by atoms with Crippen LogP contribution in [0.5, 0.6) is 0 Å². The SMILES string of the molecule is FC(F)(CNC1CC1)COC1COC1. The number of rotatable bonds is 6. The molecule has 0 bridgehead atoms. The molecule has 0 amide bonds. The summed E-state index contributed by atoms with van der Waals surface area (Å²) in [6, 6.07) is 0.313. The first-order valence-electron chi connectivity index (χ1n) is 4.96. The Labute approximate surface area is 81.8 Å². The van der Waals surface area contributed by atoms with Gasteiger partial charge in [0.15, 0.2) is 0 Å². The number of hydrogen-bond acceptors (Lipinski definition) is 3. The molecule has 1 aliphatic heterocycles. The summed E-state index contributed by atoms with van der Waals surface area (Å²) in [6.45, 7) is 0.129. The van der Waals surface area contributed by atoms with Gasteiger partial charge in [0.05, 0.1) is 19.8 Å². The predicted octanol–water partition coefficient (Wildman–Crippen LogP) is 0.789. The molecule has 2 aliphatic rings. The van der Waals surface area contributed by atoms with Gasteiger partial charge in [0.2, 0.25) is 0 Å². The van der Waals surface area contributed by atoms with E-state index in [1.54, 1.807) is 0 Å². The first kappa shape index (κ1) is 10.3. The predicted molar refractivity (Wildman–Crippen MR) is 46.5 cm³/mol. The molecule has 1 saturated carbocycles. The molecule has 1 heterocycles. The Bertz CT molecular complexity index is 193. The molecule has 5 heteroatoms. The molecule has 0 spiro atoms. The lowest BCUT2D eigenvalue weighted by atomic mass is 10.3. The van der Waals surface area contributed by atoms with E-state index in [-0.39, 0.29) is 12.6 Å². The van der Waals surface area contributed by atoms with E-state index in [4.69, 9.17) is 9.47 Å². The van der Waals surface area contributed by atoms with Crippen molar-refractivity contribution in [1.29, 1.82) is 0 Å². The van der Waals surface area contributed by atoms with Crippen LogP contribution in [0.25, 0.3) is 0 Å². The van der Waals surface area contributed by atoms with Crippen molar-refractivity contribution in [2.24, 2.45) is 0 Å². The van der Waals surface area contributed by atoms with Crippen molar-refractivity contribution in [2.75, 3.05) is 26.4 Å². The summed E-state index contributed by atoms with van der Waals surface area (Å²) in [5.74, 6) is -2.75. The molecule has 82 valence electrons. The van der Waals surface area contributed by atoms with Crippen LogP contribution in [-0.4, -0.2) is 44.4 Å². The van der Waals surface area contributed by atoms with Crippen LogP contribution in [0.15, 0.2) is 0 Å². The Morgan fingerprint density at radius 2 is 2.07 bits per heavy atom. The standard InChI is InChI=1S/C9H15F2NO2/c10-9(11,5-12-7-1-2-7)6-14-8-3-13-4-8/h7-8,12H,1-6H2. The van der Waals surface area contributed by atoms with Crippen LogP contribution in [0.1, 0.15) is 12.8 Å². The van der Waals surface area contributed by atoms with E-state index >= 15 is 0 Å². The maximum atomic E-state index is 13.1. The number of nitrogens with one attached hydrogen (secondary N) is 1. The normalized spacial score (nSPS) is 23.6. The van der Waals surface area contributed by atoms with Crippen LogP contribution in [0.2, 0.25) is 0 Å². The van der Waals surface area contributed by atoms with Gasteiger partial charge in [0.25, 0.3) is 5.92 Å². The van der Waals surface area contributed by atoms with Crippen molar-refractivity contribution in [3.05, 3.63) is 0 Å². The van der Waals surface area contributed by atoms with Gasteiger partial charge < -0.3 is 14.8 Å². The fourth-order valence-corrected chi connectivity index (χ4v) is 1.18. The zero-order valence-electron chi connectivity index (χ0n) is 7.97. The molecule has 3 nitrogen and oxygen atoms in total. The highest BCUT2D eigenvalue weighted by molar-refractivity contribution is 4.84. The van der Waals surface area contributed by atoms with E-state index in [9.17, 15) is 8.78 Å². The fourth-order valence-electron chi connectivity index (χ4n) is 1.18. The minimum atomic E-state index is -2.75. The van der Waals surface area contributed by atoms with E-state index in [0.717, 1.165) is 12.8 Å². The molecule has 1 saturated heterocycles. The van der Waals surface area contributed by atoms with Gasteiger partial charge in [-0.2, -0.15) is 0 Å². The van der Waals surface area contributed by atoms with Crippen LogP contribution in [0, 0.1) is 0 Å². The van der Waals surface area contributed by atoms with Crippen molar-refractivity contribution in [3.63, 3.8) is 0 Å². The third kappa shape index (κ3) is 3.15. The minimum Gasteiger partial charge on any atom is -0.376 e. The smallest absolute Gasteiger partial charge is 0.283 e. The molecule has 2 rings (SSSR count). The quantitative estimate of drug-likeness (QED) is 0.698. The molecular formula is C9H15F2NO2. The van der Waals surface area contributed by atoms with Gasteiger partial charge in [0, 0.05) is 6.04 Å². The summed E-state index contributed by atoms with van der Waals surface area (Å²) >= 11 is 0. The van der Waals surface area contributed by atoms with Gasteiger partial charge in [0.1, 0.15) is 12.7 Å². The molecule has 1 aliphatic carbocycles. The average Bonchev–Trinajstić information content (AvgIpc) is 2.80. The Kier molecular flexibility index (Phi) is 2.99. The molecule has 0 radical (unpaired) electrons. The molecule has 1 N–H and O–H groups in total. The summed E-state index contributed by atoms with van der Waals surface area (Å²) in [7, 11) is 0. The van der Waals surface area contributed by atoms with Gasteiger partial charge in [-0.05, 0) is 12.8 Å².